The number of hydrogen-bond acceptors (Lipinski definition) is 4. The summed E-state index contributed by atoms with van der Waals surface area (Å²) in [4.78, 5) is 11.7. The molecular formula is C16H17NO4S. The minimum Gasteiger partial charge on any atom is -0.457 e. The second kappa shape index (κ2) is 6.19. The summed E-state index contributed by atoms with van der Waals surface area (Å²) in [5.74, 6) is 0.607. The molecule has 2 rings (SSSR count). The van der Waals surface area contributed by atoms with Crippen LogP contribution >= 0.6 is 0 Å². The number of hydrogen-bond donors (Lipinski definition) is 1. The SMILES string of the molecule is Cc1ccc(Oc2ccc(C(=O)NS(C)(=O)=O)cc2)cc1C. The number of nitrogens with one attached hydrogen (secondary N) is 1. The highest BCUT2D eigenvalue weighted by atomic mass is 32.2. The second-order valence-corrected chi connectivity index (χ2v) is 6.82. The smallest absolute Gasteiger partial charge is 0.264 e. The van der Waals surface area contributed by atoms with Gasteiger partial charge < -0.3 is 4.74 Å². The van der Waals surface area contributed by atoms with Gasteiger partial charge >= 0.3 is 0 Å². The number of rotatable bonds is 4. The van der Waals surface area contributed by atoms with Gasteiger partial charge in [0.15, 0.2) is 0 Å². The van der Waals surface area contributed by atoms with E-state index >= 15 is 0 Å². The van der Waals surface area contributed by atoms with Crippen LogP contribution in [0.3, 0.4) is 0 Å². The van der Waals surface area contributed by atoms with Gasteiger partial charge in [-0.15, -0.1) is 0 Å². The van der Waals surface area contributed by atoms with E-state index in [1.807, 2.05) is 36.8 Å². The van der Waals surface area contributed by atoms with E-state index in [1.54, 1.807) is 12.1 Å². The lowest BCUT2D eigenvalue weighted by molar-refractivity contribution is 0.0981. The first-order valence-corrected chi connectivity index (χ1v) is 8.51. The molecule has 0 heterocycles. The van der Waals surface area contributed by atoms with Crippen LogP contribution in [0.4, 0.5) is 0 Å². The Morgan fingerprint density at radius 2 is 1.55 bits per heavy atom. The third-order valence-corrected chi connectivity index (χ3v) is 3.66. The summed E-state index contributed by atoms with van der Waals surface area (Å²) in [6, 6.07) is 12.0. The molecule has 0 unspecified atom stereocenters. The van der Waals surface area contributed by atoms with Gasteiger partial charge in [-0.3, -0.25) is 4.79 Å². The van der Waals surface area contributed by atoms with E-state index in [2.05, 4.69) is 0 Å². The molecule has 1 N–H and O–H groups in total. The number of aryl methyl sites for hydroxylation is 2. The number of carbonyl (C=O) groups is 1. The molecule has 1 amide bonds. The van der Waals surface area contributed by atoms with Crippen molar-refractivity contribution in [3.05, 3.63) is 59.2 Å². The summed E-state index contributed by atoms with van der Waals surface area (Å²) >= 11 is 0. The first-order valence-electron chi connectivity index (χ1n) is 6.62. The molecule has 0 fully saturated rings. The van der Waals surface area contributed by atoms with Crippen molar-refractivity contribution in [2.75, 3.05) is 6.26 Å². The Morgan fingerprint density at radius 1 is 0.955 bits per heavy atom. The maximum absolute atomic E-state index is 11.7. The van der Waals surface area contributed by atoms with Gasteiger partial charge in [0.05, 0.1) is 6.26 Å². The monoisotopic (exact) mass is 319 g/mol. The molecule has 0 aliphatic rings. The minimum atomic E-state index is -3.57. The lowest BCUT2D eigenvalue weighted by Crippen LogP contribution is -2.29. The van der Waals surface area contributed by atoms with Crippen molar-refractivity contribution in [2.45, 2.75) is 13.8 Å². The van der Waals surface area contributed by atoms with E-state index in [0.29, 0.717) is 11.5 Å². The predicted molar refractivity (Wildman–Crippen MR) is 84.7 cm³/mol. The van der Waals surface area contributed by atoms with Crippen molar-refractivity contribution in [3.63, 3.8) is 0 Å². The van der Waals surface area contributed by atoms with E-state index in [-0.39, 0.29) is 5.56 Å². The van der Waals surface area contributed by atoms with Crippen LogP contribution in [0.1, 0.15) is 21.5 Å². The van der Waals surface area contributed by atoms with Crippen molar-refractivity contribution in [1.82, 2.24) is 4.72 Å². The Morgan fingerprint density at radius 3 is 2.09 bits per heavy atom. The normalized spacial score (nSPS) is 11.0. The van der Waals surface area contributed by atoms with Crippen molar-refractivity contribution < 1.29 is 17.9 Å². The third-order valence-electron chi connectivity index (χ3n) is 3.11. The first kappa shape index (κ1) is 16.0. The standard InChI is InChI=1S/C16H17NO4S/c1-11-4-7-15(10-12(11)2)21-14-8-5-13(6-9-14)16(18)17-22(3,19)20/h4-10H,1-3H3,(H,17,18). The molecule has 6 heteroatoms. The van der Waals surface area contributed by atoms with Gasteiger partial charge in [0, 0.05) is 5.56 Å². The summed E-state index contributed by atoms with van der Waals surface area (Å²) in [6.45, 7) is 4.02. The van der Waals surface area contributed by atoms with Gasteiger partial charge in [0.2, 0.25) is 10.0 Å². The lowest BCUT2D eigenvalue weighted by atomic mass is 10.1. The van der Waals surface area contributed by atoms with Gasteiger partial charge in [-0.1, -0.05) is 6.07 Å². The van der Waals surface area contributed by atoms with Crippen LogP contribution in [0.25, 0.3) is 0 Å². The molecule has 0 atom stereocenters. The summed E-state index contributed by atoms with van der Waals surface area (Å²) in [5, 5.41) is 0. The highest BCUT2D eigenvalue weighted by Gasteiger charge is 2.11. The first-order chi connectivity index (χ1) is 10.2. The molecule has 0 saturated heterocycles. The van der Waals surface area contributed by atoms with Gasteiger partial charge in [0.25, 0.3) is 5.91 Å². The molecule has 0 spiro atoms. The summed E-state index contributed by atoms with van der Waals surface area (Å²) in [5.41, 5.74) is 2.56. The van der Waals surface area contributed by atoms with Crippen LogP contribution in [0.15, 0.2) is 42.5 Å². The Balaban J connectivity index is 2.12. The molecular weight excluding hydrogens is 302 g/mol. The largest absolute Gasteiger partial charge is 0.457 e. The molecule has 116 valence electrons. The van der Waals surface area contributed by atoms with Gasteiger partial charge in [-0.2, -0.15) is 0 Å². The highest BCUT2D eigenvalue weighted by molar-refractivity contribution is 7.89. The second-order valence-electron chi connectivity index (χ2n) is 5.08. The Hall–Kier alpha value is -2.34. The van der Waals surface area contributed by atoms with Crippen molar-refractivity contribution in [1.29, 1.82) is 0 Å². The van der Waals surface area contributed by atoms with Crippen LogP contribution < -0.4 is 9.46 Å². The number of carbonyl (C=O) groups excluding carboxylic acids is 1. The summed E-state index contributed by atoms with van der Waals surface area (Å²) in [7, 11) is -3.57. The van der Waals surface area contributed by atoms with Crippen LogP contribution in [-0.4, -0.2) is 20.6 Å². The van der Waals surface area contributed by atoms with E-state index in [1.165, 1.54) is 17.7 Å². The van der Waals surface area contributed by atoms with Crippen LogP contribution in [-0.2, 0) is 10.0 Å². The molecule has 5 nitrogen and oxygen atoms in total. The van der Waals surface area contributed by atoms with E-state index in [9.17, 15) is 13.2 Å². The van der Waals surface area contributed by atoms with Crippen molar-refractivity contribution in [3.8, 4) is 11.5 Å². The average Bonchev–Trinajstić information content (AvgIpc) is 2.42. The van der Waals surface area contributed by atoms with Crippen LogP contribution in [0.5, 0.6) is 11.5 Å². The van der Waals surface area contributed by atoms with Gasteiger partial charge in [-0.25, -0.2) is 13.1 Å². The van der Waals surface area contributed by atoms with Gasteiger partial charge in [-0.05, 0) is 61.4 Å². The summed E-state index contributed by atoms with van der Waals surface area (Å²) < 4.78 is 29.7. The van der Waals surface area contributed by atoms with Gasteiger partial charge in [0.1, 0.15) is 11.5 Å². The zero-order valence-corrected chi connectivity index (χ0v) is 13.4. The maximum atomic E-state index is 11.7. The van der Waals surface area contributed by atoms with Crippen LogP contribution in [0, 0.1) is 13.8 Å². The van der Waals surface area contributed by atoms with E-state index in [4.69, 9.17) is 4.74 Å². The quantitative estimate of drug-likeness (QED) is 0.940. The molecule has 22 heavy (non-hydrogen) atoms. The zero-order chi connectivity index (χ0) is 16.3. The number of ether oxygens (including phenoxy) is 1. The molecule has 0 aliphatic heterocycles. The minimum absolute atomic E-state index is 0.248. The maximum Gasteiger partial charge on any atom is 0.264 e. The third kappa shape index (κ3) is 4.33. The molecule has 2 aromatic carbocycles. The molecule has 0 aliphatic carbocycles. The molecule has 0 bridgehead atoms. The van der Waals surface area contributed by atoms with Crippen molar-refractivity contribution in [2.24, 2.45) is 0 Å². The fourth-order valence-electron chi connectivity index (χ4n) is 1.82. The number of amides is 1. The fourth-order valence-corrected chi connectivity index (χ4v) is 2.27. The Kier molecular flexibility index (Phi) is 4.51. The van der Waals surface area contributed by atoms with E-state index in [0.717, 1.165) is 11.8 Å². The fraction of sp³-hybridized carbons (Fsp3) is 0.188. The topological polar surface area (TPSA) is 72.5 Å². The highest BCUT2D eigenvalue weighted by Crippen LogP contribution is 2.23. The molecule has 0 radical (unpaired) electrons. The van der Waals surface area contributed by atoms with E-state index < -0.39 is 15.9 Å². The number of benzene rings is 2. The zero-order valence-electron chi connectivity index (χ0n) is 12.6. The van der Waals surface area contributed by atoms with Crippen molar-refractivity contribution >= 4 is 15.9 Å². The molecule has 0 aromatic heterocycles. The predicted octanol–water partition coefficient (Wildman–Crippen LogP) is 2.79. The molecule has 0 saturated carbocycles. The summed E-state index contributed by atoms with van der Waals surface area (Å²) in [6.07, 6.45) is 0.933. The lowest BCUT2D eigenvalue weighted by Gasteiger charge is -2.08. The van der Waals surface area contributed by atoms with Crippen LogP contribution in [0.2, 0.25) is 0 Å². The average molecular weight is 319 g/mol. The number of sulfonamides is 1. The Bertz CT molecular complexity index is 795. The molecule has 2 aromatic rings. The Labute approximate surface area is 130 Å².